The number of rotatable bonds is 3. The second kappa shape index (κ2) is 4.90. The summed E-state index contributed by atoms with van der Waals surface area (Å²) in [7, 11) is 0. The Morgan fingerprint density at radius 2 is 2.30 bits per heavy atom. The topological polar surface area (TPSA) is 75.0 Å². The zero-order chi connectivity index (χ0) is 14.3. The first-order valence-electron chi connectivity index (χ1n) is 7.12. The van der Waals surface area contributed by atoms with Crippen molar-refractivity contribution in [3.8, 4) is 0 Å². The van der Waals surface area contributed by atoms with Gasteiger partial charge in [0.1, 0.15) is 11.3 Å². The fourth-order valence-electron chi connectivity index (χ4n) is 3.11. The number of nitrogens with two attached hydrogens (primary N) is 1. The van der Waals surface area contributed by atoms with Gasteiger partial charge in [-0.2, -0.15) is 0 Å². The molecule has 3 rings (SSSR count). The van der Waals surface area contributed by atoms with E-state index in [1.807, 2.05) is 12.1 Å². The number of primary amides is 1. The Morgan fingerprint density at radius 1 is 1.50 bits per heavy atom. The van der Waals surface area contributed by atoms with E-state index in [9.17, 15) is 4.79 Å². The van der Waals surface area contributed by atoms with Crippen LogP contribution < -0.4 is 5.73 Å². The first kappa shape index (κ1) is 13.1. The minimum absolute atomic E-state index is 0.308. The minimum Gasteiger partial charge on any atom is -0.366 e. The van der Waals surface area contributed by atoms with E-state index in [1.165, 1.54) is 6.42 Å². The second-order valence-corrected chi connectivity index (χ2v) is 5.68. The number of nitrogens with one attached hydrogen (secondary N) is 1. The van der Waals surface area contributed by atoms with Gasteiger partial charge in [-0.3, -0.25) is 9.69 Å². The highest BCUT2D eigenvalue weighted by molar-refractivity contribution is 6.04. The highest BCUT2D eigenvalue weighted by atomic mass is 16.1. The molecular formula is C15H20N4O. The van der Waals surface area contributed by atoms with Crippen LogP contribution in [0.5, 0.6) is 0 Å². The number of benzene rings is 1. The molecule has 0 aliphatic carbocycles. The predicted octanol–water partition coefficient (Wildman–Crippen LogP) is 2.21. The average molecular weight is 272 g/mol. The first-order chi connectivity index (χ1) is 9.58. The zero-order valence-electron chi connectivity index (χ0n) is 11.9. The largest absolute Gasteiger partial charge is 0.366 e. The molecule has 0 unspecified atom stereocenters. The maximum absolute atomic E-state index is 11.5. The normalized spacial score (nSPS) is 20.1. The number of fused-ring (bicyclic) bond motifs is 1. The van der Waals surface area contributed by atoms with Gasteiger partial charge in [-0.15, -0.1) is 0 Å². The lowest BCUT2D eigenvalue weighted by molar-refractivity contribution is 0.100. The number of likely N-dealkylation sites (tertiary alicyclic amines) is 1. The van der Waals surface area contributed by atoms with Gasteiger partial charge >= 0.3 is 0 Å². The van der Waals surface area contributed by atoms with Crippen LogP contribution in [0.2, 0.25) is 0 Å². The van der Waals surface area contributed by atoms with Crippen LogP contribution in [0.15, 0.2) is 18.2 Å². The summed E-state index contributed by atoms with van der Waals surface area (Å²) in [6, 6.07) is 6.30. The summed E-state index contributed by atoms with van der Waals surface area (Å²) in [6.07, 6.45) is 2.28. The first-order valence-corrected chi connectivity index (χ1v) is 7.12. The Hall–Kier alpha value is -1.88. The number of hydrogen-bond acceptors (Lipinski definition) is 3. The molecule has 1 fully saturated rings. The van der Waals surface area contributed by atoms with E-state index in [2.05, 4.69) is 28.7 Å². The Labute approximate surface area is 118 Å². The number of para-hydroxylation sites is 1. The van der Waals surface area contributed by atoms with Crippen LogP contribution in [0.3, 0.4) is 0 Å². The Balaban J connectivity index is 2.05. The smallest absolute Gasteiger partial charge is 0.250 e. The molecule has 1 aromatic heterocycles. The molecule has 0 spiro atoms. The monoisotopic (exact) mass is 272 g/mol. The van der Waals surface area contributed by atoms with Crippen LogP contribution in [0.4, 0.5) is 0 Å². The quantitative estimate of drug-likeness (QED) is 0.899. The minimum atomic E-state index is -0.430. The molecule has 1 aromatic carbocycles. The van der Waals surface area contributed by atoms with E-state index in [0.29, 0.717) is 23.2 Å². The summed E-state index contributed by atoms with van der Waals surface area (Å²) in [6.45, 7) is 5.51. The van der Waals surface area contributed by atoms with Crippen molar-refractivity contribution in [2.75, 3.05) is 6.54 Å². The Kier molecular flexibility index (Phi) is 3.22. The number of imidazole rings is 1. The molecule has 5 heteroatoms. The van der Waals surface area contributed by atoms with Crippen molar-refractivity contribution >= 4 is 16.9 Å². The molecule has 1 amide bonds. The van der Waals surface area contributed by atoms with Crippen LogP contribution in [0.25, 0.3) is 11.0 Å². The average Bonchev–Trinajstić information content (AvgIpc) is 3.03. The Bertz CT molecular complexity index is 646. The van der Waals surface area contributed by atoms with E-state index in [-0.39, 0.29) is 0 Å². The third-order valence-electron chi connectivity index (χ3n) is 4.07. The van der Waals surface area contributed by atoms with Gasteiger partial charge in [-0.25, -0.2) is 4.98 Å². The van der Waals surface area contributed by atoms with E-state index in [4.69, 9.17) is 5.73 Å². The van der Waals surface area contributed by atoms with Gasteiger partial charge in [0.25, 0.3) is 5.91 Å². The summed E-state index contributed by atoms with van der Waals surface area (Å²) in [4.78, 5) is 21.9. The molecule has 0 radical (unpaired) electrons. The van der Waals surface area contributed by atoms with Gasteiger partial charge in [0, 0.05) is 6.04 Å². The number of aromatic nitrogens is 2. The molecule has 20 heavy (non-hydrogen) atoms. The highest BCUT2D eigenvalue weighted by Crippen LogP contribution is 2.33. The van der Waals surface area contributed by atoms with Crippen molar-refractivity contribution in [3.63, 3.8) is 0 Å². The van der Waals surface area contributed by atoms with E-state index in [0.717, 1.165) is 24.3 Å². The van der Waals surface area contributed by atoms with Crippen LogP contribution in [0.1, 0.15) is 48.9 Å². The van der Waals surface area contributed by atoms with Crippen molar-refractivity contribution < 1.29 is 4.79 Å². The highest BCUT2D eigenvalue weighted by Gasteiger charge is 2.30. The third kappa shape index (κ3) is 2.08. The van der Waals surface area contributed by atoms with Crippen molar-refractivity contribution in [1.29, 1.82) is 0 Å². The van der Waals surface area contributed by atoms with E-state index < -0.39 is 5.91 Å². The second-order valence-electron chi connectivity index (χ2n) is 5.68. The van der Waals surface area contributed by atoms with E-state index in [1.54, 1.807) is 6.07 Å². The molecule has 5 nitrogen and oxygen atoms in total. The molecule has 1 saturated heterocycles. The Morgan fingerprint density at radius 3 is 3.00 bits per heavy atom. The van der Waals surface area contributed by atoms with Crippen LogP contribution in [-0.2, 0) is 0 Å². The standard InChI is InChI=1S/C15H20N4O/c1-9(2)19-8-4-7-12(19)15-17-11-6-3-5-10(14(16)20)13(11)18-15/h3,5-6,9,12H,4,7-8H2,1-2H3,(H2,16,20)(H,17,18)/t12-/m0/s1. The fourth-order valence-corrected chi connectivity index (χ4v) is 3.11. The lowest BCUT2D eigenvalue weighted by atomic mass is 10.2. The summed E-state index contributed by atoms with van der Waals surface area (Å²) in [5.41, 5.74) is 7.47. The number of hydrogen-bond donors (Lipinski definition) is 2. The van der Waals surface area contributed by atoms with Gasteiger partial charge < -0.3 is 10.7 Å². The number of nitrogens with zero attached hydrogens (tertiary/aromatic N) is 2. The summed E-state index contributed by atoms with van der Waals surface area (Å²) in [5.74, 6) is 0.515. The molecular weight excluding hydrogens is 252 g/mol. The van der Waals surface area contributed by atoms with Gasteiger partial charge in [0.2, 0.25) is 0 Å². The molecule has 106 valence electrons. The number of carbonyl (C=O) groups is 1. The van der Waals surface area contributed by atoms with Crippen LogP contribution in [0, 0.1) is 0 Å². The molecule has 1 aliphatic rings. The van der Waals surface area contributed by atoms with Crippen molar-refractivity contribution in [2.45, 2.75) is 38.8 Å². The number of aromatic amines is 1. The summed E-state index contributed by atoms with van der Waals surface area (Å²) in [5, 5.41) is 0. The molecule has 1 atom stereocenters. The SMILES string of the molecule is CC(C)N1CCC[C@H]1c1nc2c(C(N)=O)cccc2[nH]1. The van der Waals surface area contributed by atoms with Gasteiger partial charge in [-0.1, -0.05) is 6.07 Å². The number of H-pyrrole nitrogens is 1. The molecule has 0 saturated carbocycles. The van der Waals surface area contributed by atoms with Gasteiger partial charge in [-0.05, 0) is 45.4 Å². The summed E-state index contributed by atoms with van der Waals surface area (Å²) >= 11 is 0. The molecule has 0 bridgehead atoms. The molecule has 2 aromatic rings. The van der Waals surface area contributed by atoms with E-state index >= 15 is 0 Å². The van der Waals surface area contributed by atoms with Crippen molar-refractivity contribution in [1.82, 2.24) is 14.9 Å². The zero-order valence-corrected chi connectivity index (χ0v) is 11.9. The van der Waals surface area contributed by atoms with Crippen molar-refractivity contribution in [2.24, 2.45) is 5.73 Å². The van der Waals surface area contributed by atoms with Gasteiger partial charge in [0.05, 0.1) is 17.1 Å². The molecule has 1 aliphatic heterocycles. The summed E-state index contributed by atoms with van der Waals surface area (Å²) < 4.78 is 0. The molecule has 2 heterocycles. The number of carbonyl (C=O) groups excluding carboxylic acids is 1. The van der Waals surface area contributed by atoms with Crippen LogP contribution in [-0.4, -0.2) is 33.4 Å². The lowest BCUT2D eigenvalue weighted by Crippen LogP contribution is -2.30. The molecule has 3 N–H and O–H groups in total. The predicted molar refractivity (Wildman–Crippen MR) is 78.4 cm³/mol. The van der Waals surface area contributed by atoms with Gasteiger partial charge in [0.15, 0.2) is 0 Å². The number of amides is 1. The van der Waals surface area contributed by atoms with Crippen molar-refractivity contribution in [3.05, 3.63) is 29.6 Å². The lowest BCUT2D eigenvalue weighted by Gasteiger charge is -2.26. The fraction of sp³-hybridized carbons (Fsp3) is 0.467. The maximum Gasteiger partial charge on any atom is 0.250 e. The van der Waals surface area contributed by atoms with Crippen LogP contribution >= 0.6 is 0 Å². The third-order valence-corrected chi connectivity index (χ3v) is 4.07. The maximum atomic E-state index is 11.5.